The van der Waals surface area contributed by atoms with E-state index in [2.05, 4.69) is 0 Å². The highest BCUT2D eigenvalue weighted by molar-refractivity contribution is 5.23. The maximum atomic E-state index is 13.4. The molecule has 5 atom stereocenters. The minimum absolute atomic E-state index is 0.463. The second-order valence-corrected chi connectivity index (χ2v) is 5.04. The van der Waals surface area contributed by atoms with E-state index in [0.29, 0.717) is 10.8 Å². The van der Waals surface area contributed by atoms with Gasteiger partial charge in [0.2, 0.25) is 5.82 Å². The van der Waals surface area contributed by atoms with Crippen molar-refractivity contribution >= 4 is 0 Å². The summed E-state index contributed by atoms with van der Waals surface area (Å²) in [5, 5.41) is 30.2. The molecule has 0 radical (unpaired) electrons. The summed E-state index contributed by atoms with van der Waals surface area (Å²) >= 11 is 0. The molecule has 1 unspecified atom stereocenters. The van der Waals surface area contributed by atoms with Crippen molar-refractivity contribution in [1.82, 2.24) is 9.55 Å². The Labute approximate surface area is 128 Å². The van der Waals surface area contributed by atoms with Crippen LogP contribution in [0.15, 0.2) is 15.8 Å². The molecule has 8 nitrogen and oxygen atoms in total. The molecule has 2 heterocycles. The fraction of sp³-hybridized carbons (Fsp3) is 0.538. The lowest BCUT2D eigenvalue weighted by atomic mass is 9.92. The zero-order valence-electron chi connectivity index (χ0n) is 11.9. The molecule has 0 saturated carbocycles. The molecule has 0 spiro atoms. The van der Waals surface area contributed by atoms with Crippen molar-refractivity contribution in [2.24, 2.45) is 0 Å². The van der Waals surface area contributed by atoms with Crippen LogP contribution < -0.4 is 11.2 Å². The minimum Gasteiger partial charge on any atom is -0.391 e. The summed E-state index contributed by atoms with van der Waals surface area (Å²) in [6.45, 7) is 0.0888. The molecular weight excluding hydrogens is 318 g/mol. The number of aliphatic hydroxyl groups excluding tert-OH is 2. The van der Waals surface area contributed by atoms with Crippen LogP contribution in [0.5, 0.6) is 0 Å². The molecule has 23 heavy (non-hydrogen) atoms. The van der Waals surface area contributed by atoms with E-state index in [-0.39, 0.29) is 0 Å². The van der Waals surface area contributed by atoms with E-state index in [9.17, 15) is 33.7 Å². The third-order valence-electron chi connectivity index (χ3n) is 3.43. The number of nitrogens with zero attached hydrogens (tertiary/aromatic N) is 1. The first-order valence-corrected chi connectivity index (χ1v) is 6.53. The van der Waals surface area contributed by atoms with E-state index < -0.39 is 53.9 Å². The molecule has 1 saturated heterocycles. The fourth-order valence-corrected chi connectivity index (χ4v) is 2.32. The zero-order valence-corrected chi connectivity index (χ0v) is 11.9. The number of aromatic nitrogens is 2. The lowest BCUT2D eigenvalue weighted by Gasteiger charge is -2.26. The van der Waals surface area contributed by atoms with Gasteiger partial charge in [-0.05, 0) is 6.92 Å². The summed E-state index contributed by atoms with van der Waals surface area (Å²) in [6, 6.07) is 0. The largest absolute Gasteiger partial charge is 0.391 e. The number of aliphatic hydroxyl groups is 3. The van der Waals surface area contributed by atoms with E-state index in [4.69, 9.17) is 4.74 Å². The number of ether oxygens (including phenoxy) is 1. The topological polar surface area (TPSA) is 125 Å². The molecular formula is C13H14F2N2O6. The Morgan fingerprint density at radius 1 is 1.57 bits per heavy atom. The highest BCUT2D eigenvalue weighted by Crippen LogP contribution is 2.38. The summed E-state index contributed by atoms with van der Waals surface area (Å²) in [7, 11) is 0. The molecule has 0 bridgehead atoms. The van der Waals surface area contributed by atoms with Crippen molar-refractivity contribution in [1.29, 1.82) is 0 Å². The van der Waals surface area contributed by atoms with Crippen molar-refractivity contribution in [2.75, 3.05) is 6.67 Å². The summed E-state index contributed by atoms with van der Waals surface area (Å²) in [5.41, 5.74) is -4.92. The number of nitrogens with one attached hydrogen (secondary N) is 1. The van der Waals surface area contributed by atoms with Crippen LogP contribution in [0.25, 0.3) is 0 Å². The zero-order chi connectivity index (χ0) is 17.4. The van der Waals surface area contributed by atoms with Gasteiger partial charge in [-0.3, -0.25) is 14.3 Å². The molecule has 0 amide bonds. The third-order valence-corrected chi connectivity index (χ3v) is 3.43. The average molecular weight is 332 g/mol. The van der Waals surface area contributed by atoms with E-state index in [0.717, 1.165) is 0 Å². The monoisotopic (exact) mass is 332 g/mol. The van der Waals surface area contributed by atoms with Crippen LogP contribution in [0.4, 0.5) is 8.78 Å². The van der Waals surface area contributed by atoms with Gasteiger partial charge in [0.1, 0.15) is 18.9 Å². The first kappa shape index (κ1) is 17.3. The Morgan fingerprint density at radius 2 is 2.22 bits per heavy atom. The standard InChI is InChI=1S/C13H14F2N2O6/c1-6(18)8-9(19)13(22,3-2-4-14)11(23-8)17-5-7(15)10(20)16-12(17)21/h5-6,8-9,11,18-19,22H,4H2,1H3,(H,16,20,21)/t6-,8+,9?,11+,13+/m0/s1. The number of rotatable bonds is 2. The van der Waals surface area contributed by atoms with Crippen LogP contribution in [-0.2, 0) is 4.74 Å². The molecule has 1 aromatic heterocycles. The summed E-state index contributed by atoms with van der Waals surface area (Å²) in [4.78, 5) is 24.5. The van der Waals surface area contributed by atoms with Crippen LogP contribution in [-0.4, -0.2) is 55.5 Å². The van der Waals surface area contributed by atoms with Crippen LogP contribution in [0.2, 0.25) is 0 Å². The molecule has 2 rings (SSSR count). The Hall–Kier alpha value is -2.06. The minimum atomic E-state index is -2.50. The predicted octanol–water partition coefficient (Wildman–Crippen LogP) is -1.98. The quantitative estimate of drug-likeness (QED) is 0.465. The first-order valence-electron chi connectivity index (χ1n) is 6.53. The van der Waals surface area contributed by atoms with Gasteiger partial charge in [0.05, 0.1) is 12.3 Å². The number of aromatic amines is 1. The van der Waals surface area contributed by atoms with Gasteiger partial charge >= 0.3 is 5.69 Å². The number of hydrogen-bond acceptors (Lipinski definition) is 6. The van der Waals surface area contributed by atoms with Gasteiger partial charge in [-0.15, -0.1) is 0 Å². The molecule has 126 valence electrons. The van der Waals surface area contributed by atoms with Gasteiger partial charge in [-0.2, -0.15) is 4.39 Å². The van der Waals surface area contributed by atoms with Crippen LogP contribution in [0.1, 0.15) is 13.2 Å². The third kappa shape index (κ3) is 2.91. The van der Waals surface area contributed by atoms with Crippen molar-refractivity contribution in [3.05, 3.63) is 32.9 Å². The average Bonchev–Trinajstić information content (AvgIpc) is 2.74. The second-order valence-electron chi connectivity index (χ2n) is 5.04. The van der Waals surface area contributed by atoms with Crippen LogP contribution in [0.3, 0.4) is 0 Å². The molecule has 1 aliphatic heterocycles. The van der Waals surface area contributed by atoms with Crippen LogP contribution in [0, 0.1) is 17.7 Å². The van der Waals surface area contributed by atoms with Crippen LogP contribution >= 0.6 is 0 Å². The number of alkyl halides is 1. The van der Waals surface area contributed by atoms with E-state index in [1.165, 1.54) is 6.92 Å². The van der Waals surface area contributed by atoms with Gasteiger partial charge in [-0.1, -0.05) is 11.8 Å². The van der Waals surface area contributed by atoms with Gasteiger partial charge in [-0.25, -0.2) is 9.18 Å². The summed E-state index contributed by atoms with van der Waals surface area (Å²) in [6.07, 6.45) is -5.77. The molecule has 1 fully saturated rings. The highest BCUT2D eigenvalue weighted by atomic mass is 19.1. The van der Waals surface area contributed by atoms with Gasteiger partial charge in [0.25, 0.3) is 5.56 Å². The van der Waals surface area contributed by atoms with Crippen molar-refractivity contribution in [3.63, 3.8) is 0 Å². The smallest absolute Gasteiger partial charge is 0.330 e. The molecule has 10 heteroatoms. The molecule has 1 aromatic rings. The predicted molar refractivity (Wildman–Crippen MR) is 71.6 cm³/mol. The Balaban J connectivity index is 2.61. The summed E-state index contributed by atoms with van der Waals surface area (Å²) < 4.78 is 31.4. The van der Waals surface area contributed by atoms with Crippen molar-refractivity contribution in [2.45, 2.75) is 37.1 Å². The lowest BCUT2D eigenvalue weighted by molar-refractivity contribution is -0.0888. The SMILES string of the molecule is C[C@H](O)[C@H]1O[C@@H](n2cc(F)c(=O)[nH]c2=O)[C@@](O)(C#CCF)C1O. The number of halogens is 2. The van der Waals surface area contributed by atoms with E-state index in [1.54, 1.807) is 4.98 Å². The highest BCUT2D eigenvalue weighted by Gasteiger charge is 2.57. The van der Waals surface area contributed by atoms with E-state index in [1.807, 2.05) is 11.8 Å². The maximum absolute atomic E-state index is 13.4. The number of H-pyrrole nitrogens is 1. The summed E-state index contributed by atoms with van der Waals surface area (Å²) in [5.74, 6) is 2.58. The van der Waals surface area contributed by atoms with Crippen molar-refractivity contribution in [3.8, 4) is 11.8 Å². The Morgan fingerprint density at radius 3 is 2.78 bits per heavy atom. The number of hydrogen-bond donors (Lipinski definition) is 4. The van der Waals surface area contributed by atoms with Gasteiger partial charge < -0.3 is 20.1 Å². The maximum Gasteiger partial charge on any atom is 0.330 e. The fourth-order valence-electron chi connectivity index (χ4n) is 2.32. The Kier molecular flexibility index (Phi) is 4.67. The van der Waals surface area contributed by atoms with Gasteiger partial charge in [0.15, 0.2) is 11.8 Å². The van der Waals surface area contributed by atoms with Gasteiger partial charge in [0, 0.05) is 0 Å². The molecule has 4 N–H and O–H groups in total. The Bertz CT molecular complexity index is 764. The van der Waals surface area contributed by atoms with Crippen molar-refractivity contribution < 1.29 is 28.8 Å². The lowest BCUT2D eigenvalue weighted by Crippen LogP contribution is -2.49. The second kappa shape index (κ2) is 6.21. The van der Waals surface area contributed by atoms with E-state index >= 15 is 0 Å². The normalized spacial score (nSPS) is 31.5. The molecule has 0 aromatic carbocycles. The molecule has 0 aliphatic carbocycles. The molecule has 1 aliphatic rings. The first-order chi connectivity index (χ1) is 10.7.